The quantitative estimate of drug-likeness (QED) is 0.423. The van der Waals surface area contributed by atoms with Gasteiger partial charge >= 0.3 is 0 Å². The highest BCUT2D eigenvalue weighted by atomic mass is 32.1. The normalized spacial score (nSPS) is 14.0. The highest BCUT2D eigenvalue weighted by Gasteiger charge is 2.24. The zero-order chi connectivity index (χ0) is 21.2. The monoisotopic (exact) mass is 423 g/mol. The Labute approximate surface area is 185 Å². The Morgan fingerprint density at radius 1 is 1.06 bits per heavy atom. The van der Waals surface area contributed by atoms with Crippen molar-refractivity contribution >= 4 is 33.3 Å². The number of phenolic OH excluding ortho intramolecular Hbond substituents is 1. The van der Waals surface area contributed by atoms with Crippen LogP contribution in [0.1, 0.15) is 27.1 Å². The summed E-state index contributed by atoms with van der Waals surface area (Å²) in [6.07, 6.45) is 2.55. The number of phenols is 1. The number of nitrogens with zero attached hydrogens (tertiary/aromatic N) is 3. The molecular formula is C26H21N3OS. The number of rotatable bonds is 4. The number of aromatic hydroxyl groups is 1. The fourth-order valence-electron chi connectivity index (χ4n) is 4.17. The third kappa shape index (κ3) is 3.84. The summed E-state index contributed by atoms with van der Waals surface area (Å²) in [5, 5.41) is 22.9. The van der Waals surface area contributed by atoms with Crippen molar-refractivity contribution in [2.75, 3.05) is 6.54 Å². The third-order valence-corrected chi connectivity index (χ3v) is 6.86. The van der Waals surface area contributed by atoms with E-state index >= 15 is 0 Å². The highest BCUT2D eigenvalue weighted by molar-refractivity contribution is 7.16. The molecule has 0 atom stereocenters. The van der Waals surface area contributed by atoms with Crippen molar-refractivity contribution in [3.05, 3.63) is 93.9 Å². The molecule has 1 N–H and O–H groups in total. The van der Waals surface area contributed by atoms with Crippen LogP contribution in [0.2, 0.25) is 0 Å². The first-order chi connectivity index (χ1) is 15.2. The first-order valence-electron chi connectivity index (χ1n) is 10.3. The van der Waals surface area contributed by atoms with E-state index in [2.05, 4.69) is 40.2 Å². The lowest BCUT2D eigenvalue weighted by molar-refractivity contribution is 0.249. The molecule has 1 aliphatic rings. The van der Waals surface area contributed by atoms with E-state index in [4.69, 9.17) is 0 Å². The van der Waals surface area contributed by atoms with Crippen LogP contribution in [0.5, 0.6) is 5.75 Å². The Hall–Kier alpha value is -3.46. The van der Waals surface area contributed by atoms with Crippen LogP contribution in [0, 0.1) is 11.3 Å². The number of hydrogen-bond acceptors (Lipinski definition) is 5. The van der Waals surface area contributed by atoms with Crippen molar-refractivity contribution in [2.45, 2.75) is 19.5 Å². The number of fused-ring (bicyclic) bond motifs is 2. The van der Waals surface area contributed by atoms with Gasteiger partial charge in [-0.2, -0.15) is 5.26 Å². The lowest BCUT2D eigenvalue weighted by Crippen LogP contribution is -2.29. The van der Waals surface area contributed by atoms with Gasteiger partial charge in [0.1, 0.15) is 16.8 Å². The number of benzene rings is 3. The molecule has 1 aromatic heterocycles. The van der Waals surface area contributed by atoms with Gasteiger partial charge in [-0.3, -0.25) is 4.90 Å². The van der Waals surface area contributed by atoms with Gasteiger partial charge in [-0.1, -0.05) is 60.7 Å². The summed E-state index contributed by atoms with van der Waals surface area (Å²) >= 11 is 1.59. The Morgan fingerprint density at radius 2 is 1.87 bits per heavy atom. The van der Waals surface area contributed by atoms with E-state index in [1.807, 2.05) is 36.4 Å². The molecule has 0 saturated heterocycles. The summed E-state index contributed by atoms with van der Waals surface area (Å²) in [6.45, 7) is 2.67. The topological polar surface area (TPSA) is 59.6 Å². The van der Waals surface area contributed by atoms with E-state index in [1.165, 1.54) is 10.4 Å². The molecule has 0 aliphatic carbocycles. The zero-order valence-electron chi connectivity index (χ0n) is 17.0. The van der Waals surface area contributed by atoms with Crippen molar-refractivity contribution in [2.24, 2.45) is 4.99 Å². The summed E-state index contributed by atoms with van der Waals surface area (Å²) < 4.78 is 0. The van der Waals surface area contributed by atoms with E-state index in [0.29, 0.717) is 11.1 Å². The van der Waals surface area contributed by atoms with Gasteiger partial charge in [0.25, 0.3) is 0 Å². The molecule has 0 radical (unpaired) electrons. The maximum Gasteiger partial charge on any atom is 0.134 e. The van der Waals surface area contributed by atoms with Crippen LogP contribution < -0.4 is 0 Å². The molecule has 0 bridgehead atoms. The predicted octanol–water partition coefficient (Wildman–Crippen LogP) is 5.79. The second-order valence-corrected chi connectivity index (χ2v) is 8.80. The van der Waals surface area contributed by atoms with Crippen molar-refractivity contribution in [3.8, 4) is 11.8 Å². The van der Waals surface area contributed by atoms with Crippen LogP contribution in [0.3, 0.4) is 0 Å². The van der Waals surface area contributed by atoms with E-state index in [0.717, 1.165) is 47.4 Å². The summed E-state index contributed by atoms with van der Waals surface area (Å²) in [5.41, 5.74) is 3.79. The maximum absolute atomic E-state index is 10.4. The van der Waals surface area contributed by atoms with Crippen molar-refractivity contribution in [1.29, 1.82) is 5.26 Å². The minimum atomic E-state index is 0.191. The minimum Gasteiger partial charge on any atom is -0.507 e. The highest BCUT2D eigenvalue weighted by Crippen LogP contribution is 2.39. The van der Waals surface area contributed by atoms with E-state index < -0.39 is 0 Å². The van der Waals surface area contributed by atoms with Gasteiger partial charge < -0.3 is 5.11 Å². The van der Waals surface area contributed by atoms with Crippen molar-refractivity contribution in [3.63, 3.8) is 0 Å². The Morgan fingerprint density at radius 3 is 2.71 bits per heavy atom. The average Bonchev–Trinajstić information content (AvgIpc) is 3.15. The molecule has 4 nitrogen and oxygen atoms in total. The molecule has 3 aromatic carbocycles. The van der Waals surface area contributed by atoms with Gasteiger partial charge in [0.15, 0.2) is 0 Å². The third-order valence-electron chi connectivity index (χ3n) is 5.74. The molecule has 0 saturated carbocycles. The lowest BCUT2D eigenvalue weighted by atomic mass is 10.0. The zero-order valence-corrected chi connectivity index (χ0v) is 17.8. The first-order valence-corrected chi connectivity index (χ1v) is 11.1. The molecule has 152 valence electrons. The van der Waals surface area contributed by atoms with E-state index in [-0.39, 0.29) is 5.75 Å². The van der Waals surface area contributed by atoms with Gasteiger partial charge in [-0.25, -0.2) is 4.99 Å². The molecule has 0 fully saturated rings. The number of aliphatic imine (C=N–C) groups is 1. The van der Waals surface area contributed by atoms with Gasteiger partial charge in [0.05, 0.1) is 5.56 Å². The molecule has 5 heteroatoms. The lowest BCUT2D eigenvalue weighted by Gasteiger charge is -2.26. The fourth-order valence-corrected chi connectivity index (χ4v) is 5.35. The molecule has 1 aliphatic heterocycles. The molecule has 0 unspecified atom stereocenters. The van der Waals surface area contributed by atoms with Crippen LogP contribution in [0.4, 0.5) is 5.00 Å². The van der Waals surface area contributed by atoms with Gasteiger partial charge in [-0.05, 0) is 34.4 Å². The average molecular weight is 424 g/mol. The van der Waals surface area contributed by atoms with Gasteiger partial charge in [0, 0.05) is 36.3 Å². The van der Waals surface area contributed by atoms with Gasteiger partial charge in [-0.15, -0.1) is 11.3 Å². The maximum atomic E-state index is 10.4. The van der Waals surface area contributed by atoms with Crippen molar-refractivity contribution < 1.29 is 5.11 Å². The summed E-state index contributed by atoms with van der Waals surface area (Å²) in [4.78, 5) is 8.30. The van der Waals surface area contributed by atoms with Crippen LogP contribution in [-0.4, -0.2) is 22.8 Å². The minimum absolute atomic E-state index is 0.191. The smallest absolute Gasteiger partial charge is 0.134 e. The van der Waals surface area contributed by atoms with Crippen LogP contribution in [-0.2, 0) is 19.5 Å². The van der Waals surface area contributed by atoms with Crippen LogP contribution in [0.15, 0.2) is 71.7 Å². The Balaban J connectivity index is 1.45. The molecule has 2 heterocycles. The molecule has 0 spiro atoms. The van der Waals surface area contributed by atoms with E-state index in [1.54, 1.807) is 23.6 Å². The molecule has 31 heavy (non-hydrogen) atoms. The largest absolute Gasteiger partial charge is 0.507 e. The summed E-state index contributed by atoms with van der Waals surface area (Å²) in [7, 11) is 0. The number of nitriles is 1. The van der Waals surface area contributed by atoms with Gasteiger partial charge in [0.2, 0.25) is 0 Å². The molecular weight excluding hydrogens is 402 g/mol. The first kappa shape index (κ1) is 19.5. The second kappa shape index (κ2) is 8.35. The Bertz CT molecular complexity index is 1320. The number of thiophene rings is 1. The molecule has 5 rings (SSSR count). The SMILES string of the molecule is N#Cc1c(/N=C/c2c(O)ccc3ccccc23)sc2c1CCN(Cc1ccccc1)C2. The molecule has 0 amide bonds. The van der Waals surface area contributed by atoms with Crippen molar-refractivity contribution in [1.82, 2.24) is 4.90 Å². The molecule has 4 aromatic rings. The predicted molar refractivity (Wildman–Crippen MR) is 126 cm³/mol. The van der Waals surface area contributed by atoms with E-state index in [9.17, 15) is 10.4 Å². The fraction of sp³-hybridized carbons (Fsp3) is 0.154. The Kier molecular flexibility index (Phi) is 5.25. The standard InChI is InChI=1S/C26H21N3OS/c27-14-22-21-12-13-29(16-18-6-2-1-3-7-18)17-25(21)31-26(22)28-15-23-20-9-5-4-8-19(20)10-11-24(23)30/h1-11,15,30H,12-13,16-17H2/b28-15+. The number of hydrogen-bond donors (Lipinski definition) is 1. The second-order valence-electron chi connectivity index (χ2n) is 7.72. The summed E-state index contributed by atoms with van der Waals surface area (Å²) in [6, 6.07) is 24.3. The van der Waals surface area contributed by atoms with Crippen LogP contribution in [0.25, 0.3) is 10.8 Å². The summed E-state index contributed by atoms with van der Waals surface area (Å²) in [5.74, 6) is 0.191. The van der Waals surface area contributed by atoms with Crippen LogP contribution >= 0.6 is 11.3 Å².